The Kier molecular flexibility index (Phi) is 11.4. The highest BCUT2D eigenvalue weighted by Gasteiger charge is 2.34. The summed E-state index contributed by atoms with van der Waals surface area (Å²) in [6.07, 6.45) is 0. The summed E-state index contributed by atoms with van der Waals surface area (Å²) < 4.78 is 113. The second kappa shape index (κ2) is 13.0. The second-order valence-electron chi connectivity index (χ2n) is 6.88. The van der Waals surface area contributed by atoms with E-state index in [1.807, 2.05) is 45.2 Å². The van der Waals surface area contributed by atoms with E-state index in [2.05, 4.69) is 4.74 Å². The van der Waals surface area contributed by atoms with E-state index in [-0.39, 0.29) is 20.0 Å². The highest BCUT2D eigenvalue weighted by molar-refractivity contribution is 14.1. The molecule has 208 valence electrons. The molecule has 0 heterocycles. The first kappa shape index (κ1) is 34.0. The van der Waals surface area contributed by atoms with Crippen molar-refractivity contribution in [2.75, 3.05) is 0 Å². The maximum Gasteiger partial charge on any atom is 0.345 e. The van der Waals surface area contributed by atoms with E-state index in [9.17, 15) is 44.5 Å². The number of rotatable bonds is 5. The third-order valence-electron chi connectivity index (χ3n) is 4.48. The Bertz CT molecular complexity index is 1650. The van der Waals surface area contributed by atoms with Gasteiger partial charge in [0.05, 0.1) is 11.1 Å². The van der Waals surface area contributed by atoms with Crippen molar-refractivity contribution in [3.8, 4) is 11.5 Å². The van der Waals surface area contributed by atoms with Gasteiger partial charge in [-0.3, -0.25) is 4.55 Å². The molecular formula is C20H3F5I6O7S. The molecule has 0 aliphatic carbocycles. The molecule has 19 heteroatoms. The molecule has 0 unspecified atom stereocenters. The molecule has 0 aliphatic rings. The van der Waals surface area contributed by atoms with Crippen LogP contribution in [-0.2, 0) is 10.1 Å². The Morgan fingerprint density at radius 1 is 0.641 bits per heavy atom. The lowest BCUT2D eigenvalue weighted by Gasteiger charge is -2.17. The molecule has 0 saturated heterocycles. The first-order valence-corrected chi connectivity index (χ1v) is 17.1. The summed E-state index contributed by atoms with van der Waals surface area (Å²) in [5.74, 6) is -16.8. The molecule has 0 aromatic heterocycles. The van der Waals surface area contributed by atoms with Gasteiger partial charge in [0, 0.05) is 21.4 Å². The minimum atomic E-state index is -4.61. The topological polar surface area (TPSA) is 107 Å². The minimum absolute atomic E-state index is 0.00258. The summed E-state index contributed by atoms with van der Waals surface area (Å²) in [6, 6.07) is 2.23. The van der Waals surface area contributed by atoms with Crippen LogP contribution in [0.25, 0.3) is 0 Å². The molecule has 3 aromatic rings. The number of halogens is 11. The van der Waals surface area contributed by atoms with Crippen LogP contribution in [0.2, 0.25) is 0 Å². The maximum absolute atomic E-state index is 14.2. The SMILES string of the molecule is O=C(Oc1cc(I)c(S(=O)(=O)O)c(I)c1)c1c(I)c(I)c(I)c(I)c1C(=O)Oc1c(F)c(F)c(F)c(F)c1F. The first-order chi connectivity index (χ1) is 17.9. The van der Waals surface area contributed by atoms with Crippen LogP contribution in [-0.4, -0.2) is 24.9 Å². The normalized spacial score (nSPS) is 11.5. The van der Waals surface area contributed by atoms with E-state index in [4.69, 9.17) is 4.74 Å². The lowest BCUT2D eigenvalue weighted by molar-refractivity contribution is 0.0679. The fourth-order valence-electron chi connectivity index (χ4n) is 2.83. The zero-order chi connectivity index (χ0) is 29.7. The number of carbonyl (C=O) groups excluding carboxylic acids is 2. The van der Waals surface area contributed by atoms with Crippen molar-refractivity contribution in [2.24, 2.45) is 0 Å². The molecule has 0 amide bonds. The average Bonchev–Trinajstić information content (AvgIpc) is 2.83. The number of hydrogen-bond donors (Lipinski definition) is 1. The largest absolute Gasteiger partial charge is 0.423 e. The second-order valence-corrected chi connectivity index (χ2v) is 14.9. The average molecular weight is 1240 g/mol. The van der Waals surface area contributed by atoms with Gasteiger partial charge in [0.25, 0.3) is 10.1 Å². The Hall–Kier alpha value is 0.540. The van der Waals surface area contributed by atoms with E-state index >= 15 is 0 Å². The van der Waals surface area contributed by atoms with Crippen LogP contribution in [0.4, 0.5) is 22.0 Å². The van der Waals surface area contributed by atoms with Crippen molar-refractivity contribution >= 4 is 158 Å². The molecule has 3 rings (SSSR count). The number of hydrogen-bond acceptors (Lipinski definition) is 6. The smallest absolute Gasteiger partial charge is 0.345 e. The Morgan fingerprint density at radius 3 is 1.38 bits per heavy atom. The van der Waals surface area contributed by atoms with Crippen LogP contribution < -0.4 is 9.47 Å². The van der Waals surface area contributed by atoms with Gasteiger partial charge in [-0.25, -0.2) is 22.8 Å². The fraction of sp³-hybridized carbons (Fsp3) is 0. The molecular weight excluding hydrogens is 1240 g/mol. The number of ether oxygens (including phenoxy) is 2. The molecule has 0 aliphatic heterocycles. The van der Waals surface area contributed by atoms with Gasteiger partial charge < -0.3 is 9.47 Å². The lowest BCUT2D eigenvalue weighted by Crippen LogP contribution is -2.23. The van der Waals surface area contributed by atoms with Gasteiger partial charge in [0.15, 0.2) is 0 Å². The molecule has 1 N–H and O–H groups in total. The van der Waals surface area contributed by atoms with Crippen molar-refractivity contribution in [3.05, 3.63) is 73.8 Å². The van der Waals surface area contributed by atoms with Crippen molar-refractivity contribution in [1.82, 2.24) is 0 Å². The van der Waals surface area contributed by atoms with Crippen LogP contribution in [0.15, 0.2) is 17.0 Å². The van der Waals surface area contributed by atoms with Crippen LogP contribution >= 0.6 is 136 Å². The zero-order valence-electron chi connectivity index (χ0n) is 17.6. The van der Waals surface area contributed by atoms with Crippen LogP contribution in [0.3, 0.4) is 0 Å². The molecule has 0 bridgehead atoms. The van der Waals surface area contributed by atoms with Crippen molar-refractivity contribution in [3.63, 3.8) is 0 Å². The highest BCUT2D eigenvalue weighted by Crippen LogP contribution is 2.36. The lowest BCUT2D eigenvalue weighted by atomic mass is 10.1. The van der Waals surface area contributed by atoms with Crippen molar-refractivity contribution in [1.29, 1.82) is 0 Å². The third kappa shape index (κ3) is 6.87. The van der Waals surface area contributed by atoms with Crippen molar-refractivity contribution in [2.45, 2.75) is 4.90 Å². The predicted octanol–water partition coefficient (Wildman–Crippen LogP) is 7.69. The number of esters is 2. The van der Waals surface area contributed by atoms with Gasteiger partial charge in [0.2, 0.25) is 34.8 Å². The molecule has 39 heavy (non-hydrogen) atoms. The van der Waals surface area contributed by atoms with E-state index in [1.54, 1.807) is 90.4 Å². The number of carbonyl (C=O) groups is 2. The Labute approximate surface area is 297 Å². The quantitative estimate of drug-likeness (QED) is 0.0532. The van der Waals surface area contributed by atoms with Gasteiger partial charge in [-0.05, 0) is 148 Å². The molecule has 0 radical (unpaired) electrons. The molecule has 0 saturated carbocycles. The monoisotopic (exact) mass is 1240 g/mol. The summed E-state index contributed by atoms with van der Waals surface area (Å²) in [4.78, 5) is 25.9. The first-order valence-electron chi connectivity index (χ1n) is 9.18. The van der Waals surface area contributed by atoms with Crippen LogP contribution in [0.5, 0.6) is 11.5 Å². The highest BCUT2D eigenvalue weighted by atomic mass is 127. The summed E-state index contributed by atoms with van der Waals surface area (Å²) in [7, 11) is -4.61. The summed E-state index contributed by atoms with van der Waals surface area (Å²) in [6.45, 7) is 0. The van der Waals surface area contributed by atoms with Gasteiger partial charge in [0.1, 0.15) is 10.6 Å². The minimum Gasteiger partial charge on any atom is -0.423 e. The van der Waals surface area contributed by atoms with E-state index in [1.165, 1.54) is 0 Å². The standard InChI is InChI=1S/C20H3F5I6O7S/c21-8-9(22)11(24)17(12(25)10(8)23)38-20(33)7-6(13(28)15(30)16(31)14(7)29)19(32)37-3-1-4(26)18(5(27)2-3)39(34,35)36/h1-2H,(H,34,35,36). The van der Waals surface area contributed by atoms with Crippen LogP contribution in [0.1, 0.15) is 20.7 Å². The molecule has 7 nitrogen and oxygen atoms in total. The summed E-state index contributed by atoms with van der Waals surface area (Å²) in [5.41, 5.74) is -1.04. The van der Waals surface area contributed by atoms with E-state index in [0.29, 0.717) is 7.14 Å². The van der Waals surface area contributed by atoms with E-state index in [0.717, 1.165) is 12.1 Å². The third-order valence-corrected chi connectivity index (χ3v) is 15.3. The Balaban J connectivity index is 2.16. The zero-order valence-corrected chi connectivity index (χ0v) is 31.4. The molecule has 0 spiro atoms. The summed E-state index contributed by atoms with van der Waals surface area (Å²) in [5, 5.41) is 0. The van der Waals surface area contributed by atoms with E-state index < -0.39 is 72.9 Å². The fourth-order valence-corrected chi connectivity index (χ4v) is 10.5. The van der Waals surface area contributed by atoms with Gasteiger partial charge in [-0.15, -0.1) is 0 Å². The molecule has 3 aromatic carbocycles. The number of benzene rings is 3. The predicted molar refractivity (Wildman–Crippen MR) is 175 cm³/mol. The van der Waals surface area contributed by atoms with Gasteiger partial charge in [-0.2, -0.15) is 17.2 Å². The van der Waals surface area contributed by atoms with Gasteiger partial charge in [-0.1, -0.05) is 0 Å². The van der Waals surface area contributed by atoms with Crippen LogP contribution in [0, 0.1) is 50.5 Å². The maximum atomic E-state index is 14.2. The molecule has 0 atom stereocenters. The Morgan fingerprint density at radius 2 is 1.00 bits per heavy atom. The van der Waals surface area contributed by atoms with Gasteiger partial charge >= 0.3 is 11.9 Å². The van der Waals surface area contributed by atoms with Crippen molar-refractivity contribution < 1.29 is 54.0 Å². The molecule has 0 fully saturated rings. The summed E-state index contributed by atoms with van der Waals surface area (Å²) >= 11 is 10.2.